The molecule has 1 heterocycles. The summed E-state index contributed by atoms with van der Waals surface area (Å²) in [6.45, 7) is 4.17. The molecule has 0 saturated carbocycles. The maximum atomic E-state index is 13.0. The maximum Gasteiger partial charge on any atom is 0.416 e. The van der Waals surface area contributed by atoms with Gasteiger partial charge in [-0.25, -0.2) is 0 Å². The fraction of sp³-hybridized carbons (Fsp3) is 0.233. The van der Waals surface area contributed by atoms with Crippen molar-refractivity contribution in [2.24, 2.45) is 4.99 Å². The normalized spacial score (nSPS) is 11.8. The van der Waals surface area contributed by atoms with Gasteiger partial charge in [0, 0.05) is 28.2 Å². The van der Waals surface area contributed by atoms with Crippen molar-refractivity contribution in [3.63, 3.8) is 0 Å². The van der Waals surface area contributed by atoms with Crippen LogP contribution in [0, 0.1) is 13.8 Å². The van der Waals surface area contributed by atoms with Crippen LogP contribution in [0.3, 0.4) is 0 Å². The fourth-order valence-corrected chi connectivity index (χ4v) is 5.10. The van der Waals surface area contributed by atoms with E-state index in [4.69, 9.17) is 9.47 Å². The lowest BCUT2D eigenvalue weighted by Crippen LogP contribution is -2.23. The maximum absolute atomic E-state index is 13.0. The topological polar surface area (TPSA) is 81.9 Å². The van der Waals surface area contributed by atoms with E-state index in [2.05, 4.69) is 10.3 Å². The number of rotatable bonds is 8. The van der Waals surface area contributed by atoms with Gasteiger partial charge in [-0.05, 0) is 67.4 Å². The number of amides is 2. The Kier molecular flexibility index (Phi) is 8.97. The van der Waals surface area contributed by atoms with Gasteiger partial charge in [0.1, 0.15) is 0 Å². The predicted molar refractivity (Wildman–Crippen MR) is 149 cm³/mol. The highest BCUT2D eigenvalue weighted by Gasteiger charge is 2.30. The highest BCUT2D eigenvalue weighted by Crippen LogP contribution is 2.30. The molecule has 0 aliphatic rings. The largest absolute Gasteiger partial charge is 0.493 e. The number of carbonyl (C=O) groups is 2. The van der Waals surface area contributed by atoms with E-state index in [9.17, 15) is 22.8 Å². The van der Waals surface area contributed by atoms with Gasteiger partial charge in [-0.2, -0.15) is 18.2 Å². The van der Waals surface area contributed by atoms with Crippen molar-refractivity contribution >= 4 is 23.2 Å². The van der Waals surface area contributed by atoms with E-state index >= 15 is 0 Å². The molecule has 0 bridgehead atoms. The quantitative estimate of drug-likeness (QED) is 0.279. The summed E-state index contributed by atoms with van der Waals surface area (Å²) in [6.07, 6.45) is -4.46. The summed E-state index contributed by atoms with van der Waals surface area (Å²) in [5.74, 6) is 0.0634. The average Bonchev–Trinajstić information content (AvgIpc) is 3.22. The molecule has 0 unspecified atom stereocenters. The average molecular weight is 584 g/mol. The van der Waals surface area contributed by atoms with Crippen LogP contribution in [0.2, 0.25) is 0 Å². The number of nitrogens with one attached hydrogen (secondary N) is 1. The minimum absolute atomic E-state index is 0.0498. The van der Waals surface area contributed by atoms with Gasteiger partial charge in [-0.1, -0.05) is 24.3 Å². The summed E-state index contributed by atoms with van der Waals surface area (Å²) in [4.78, 5) is 31.7. The molecule has 11 heteroatoms. The van der Waals surface area contributed by atoms with Crippen molar-refractivity contribution in [1.82, 2.24) is 9.88 Å². The molecule has 4 rings (SSSR count). The Morgan fingerprint density at radius 3 is 2.32 bits per heavy atom. The molecule has 2 amide bonds. The molecule has 7 nitrogen and oxygen atoms in total. The standard InChI is InChI=1S/C30H28F3N3O4S/c1-18-19(2)41-29(35-28(38)23-11-12-25(39-3)26(15-23)40-4)36(18)17-21-8-5-9-22(13-21)27(37)34-16-20-7-6-10-24(14-20)30(31,32)33/h5-15H,16-17H2,1-4H3,(H,34,37). The number of benzene rings is 3. The second kappa shape index (κ2) is 12.4. The van der Waals surface area contributed by atoms with Crippen LogP contribution < -0.4 is 19.6 Å². The summed E-state index contributed by atoms with van der Waals surface area (Å²) in [5, 5.41) is 2.68. The number of ether oxygens (including phenoxy) is 2. The van der Waals surface area contributed by atoms with E-state index in [0.29, 0.717) is 39.5 Å². The molecular formula is C30H28F3N3O4S. The second-order valence-electron chi connectivity index (χ2n) is 9.18. The Balaban J connectivity index is 1.54. The van der Waals surface area contributed by atoms with Crippen molar-refractivity contribution in [3.05, 3.63) is 110 Å². The number of nitrogens with zero attached hydrogens (tertiary/aromatic N) is 2. The molecule has 1 aromatic heterocycles. The lowest BCUT2D eigenvalue weighted by molar-refractivity contribution is -0.137. The van der Waals surface area contributed by atoms with Gasteiger partial charge in [-0.3, -0.25) is 9.59 Å². The number of carbonyl (C=O) groups excluding carboxylic acids is 2. The fourth-order valence-electron chi connectivity index (χ4n) is 4.12. The number of alkyl halides is 3. The van der Waals surface area contributed by atoms with Crippen molar-refractivity contribution in [1.29, 1.82) is 0 Å². The molecule has 1 N–H and O–H groups in total. The molecule has 0 saturated heterocycles. The van der Waals surface area contributed by atoms with Crippen molar-refractivity contribution in [2.45, 2.75) is 33.1 Å². The zero-order valence-corrected chi connectivity index (χ0v) is 23.7. The summed E-state index contributed by atoms with van der Waals surface area (Å²) in [7, 11) is 3.00. The third-order valence-corrected chi connectivity index (χ3v) is 7.55. The molecule has 41 heavy (non-hydrogen) atoms. The highest BCUT2D eigenvalue weighted by molar-refractivity contribution is 7.09. The summed E-state index contributed by atoms with van der Waals surface area (Å²) in [5.41, 5.74) is 1.99. The van der Waals surface area contributed by atoms with E-state index in [-0.39, 0.29) is 6.54 Å². The Labute approximate surface area is 238 Å². The van der Waals surface area contributed by atoms with E-state index < -0.39 is 23.6 Å². The molecule has 3 aromatic carbocycles. The smallest absolute Gasteiger partial charge is 0.416 e. The van der Waals surface area contributed by atoms with Gasteiger partial charge < -0.3 is 19.4 Å². The first kappa shape index (κ1) is 29.6. The first-order chi connectivity index (χ1) is 19.5. The van der Waals surface area contributed by atoms with Crippen LogP contribution in [0.15, 0.2) is 71.7 Å². The van der Waals surface area contributed by atoms with E-state index in [1.165, 1.54) is 37.7 Å². The number of methoxy groups -OCH3 is 2. The predicted octanol–water partition coefficient (Wildman–Crippen LogP) is 5.92. The zero-order valence-electron chi connectivity index (χ0n) is 22.8. The Morgan fingerprint density at radius 1 is 0.902 bits per heavy atom. The van der Waals surface area contributed by atoms with Crippen LogP contribution in [0.4, 0.5) is 13.2 Å². The molecule has 0 spiro atoms. The first-order valence-corrected chi connectivity index (χ1v) is 13.3. The second-order valence-corrected chi connectivity index (χ2v) is 10.4. The Bertz CT molecular complexity index is 1660. The third-order valence-electron chi connectivity index (χ3n) is 6.45. The number of halogens is 3. The van der Waals surface area contributed by atoms with Crippen molar-refractivity contribution < 1.29 is 32.2 Å². The van der Waals surface area contributed by atoms with Crippen LogP contribution >= 0.6 is 11.3 Å². The number of aryl methyl sites for hydroxylation is 1. The summed E-state index contributed by atoms with van der Waals surface area (Å²) < 4.78 is 51.4. The SMILES string of the molecule is COc1ccc(C(=O)N=c2sc(C)c(C)n2Cc2cccc(C(=O)NCc3cccc(C(F)(F)F)c3)c2)cc1OC. The van der Waals surface area contributed by atoms with Gasteiger partial charge in [0.2, 0.25) is 0 Å². The lowest BCUT2D eigenvalue weighted by Gasteiger charge is -2.11. The molecule has 4 aromatic rings. The monoisotopic (exact) mass is 583 g/mol. The van der Waals surface area contributed by atoms with Gasteiger partial charge in [0.25, 0.3) is 11.8 Å². The number of thiazole rings is 1. The van der Waals surface area contributed by atoms with Crippen LogP contribution in [0.1, 0.15) is 48.0 Å². The molecule has 0 aliphatic heterocycles. The number of hydrogen-bond acceptors (Lipinski definition) is 5. The molecule has 0 fully saturated rings. The molecular weight excluding hydrogens is 555 g/mol. The van der Waals surface area contributed by atoms with E-state index in [1.54, 1.807) is 36.4 Å². The van der Waals surface area contributed by atoms with Gasteiger partial charge >= 0.3 is 6.18 Å². The van der Waals surface area contributed by atoms with E-state index in [0.717, 1.165) is 28.3 Å². The van der Waals surface area contributed by atoms with Crippen LogP contribution in [0.5, 0.6) is 11.5 Å². The van der Waals surface area contributed by atoms with Crippen LogP contribution in [0.25, 0.3) is 0 Å². The molecule has 0 radical (unpaired) electrons. The first-order valence-electron chi connectivity index (χ1n) is 12.5. The molecule has 0 aliphatic carbocycles. The minimum Gasteiger partial charge on any atom is -0.493 e. The number of hydrogen-bond donors (Lipinski definition) is 1. The van der Waals surface area contributed by atoms with Gasteiger partial charge in [0.05, 0.1) is 26.3 Å². The summed E-state index contributed by atoms with van der Waals surface area (Å²) >= 11 is 1.38. The highest BCUT2D eigenvalue weighted by atomic mass is 32.1. The molecule has 0 atom stereocenters. The van der Waals surface area contributed by atoms with E-state index in [1.807, 2.05) is 24.5 Å². The summed E-state index contributed by atoms with van der Waals surface area (Å²) in [6, 6.07) is 16.6. The third kappa shape index (κ3) is 7.04. The van der Waals surface area contributed by atoms with Gasteiger partial charge in [-0.15, -0.1) is 11.3 Å². The lowest BCUT2D eigenvalue weighted by atomic mass is 10.1. The van der Waals surface area contributed by atoms with Gasteiger partial charge in [0.15, 0.2) is 16.3 Å². The van der Waals surface area contributed by atoms with Crippen molar-refractivity contribution in [2.75, 3.05) is 14.2 Å². The number of aromatic nitrogens is 1. The Hall–Kier alpha value is -4.38. The van der Waals surface area contributed by atoms with Crippen molar-refractivity contribution in [3.8, 4) is 11.5 Å². The zero-order chi connectivity index (χ0) is 29.7. The minimum atomic E-state index is -4.46. The van der Waals surface area contributed by atoms with Crippen LogP contribution in [-0.2, 0) is 19.3 Å². The Morgan fingerprint density at radius 2 is 1.61 bits per heavy atom. The molecule has 214 valence electrons. The van der Waals surface area contributed by atoms with Crippen LogP contribution in [-0.4, -0.2) is 30.6 Å².